The van der Waals surface area contributed by atoms with Crippen molar-refractivity contribution >= 4 is 32.8 Å². The van der Waals surface area contributed by atoms with Gasteiger partial charge < -0.3 is 0 Å². The third kappa shape index (κ3) is 3.24. The normalized spacial score (nSPS) is 11.8. The van der Waals surface area contributed by atoms with Gasteiger partial charge in [-0.3, -0.25) is 4.55 Å². The molecule has 1 aromatic carbocycles. The number of hydrogen-bond acceptors (Lipinski definition) is 3. The van der Waals surface area contributed by atoms with Crippen molar-refractivity contribution in [1.29, 1.82) is 5.26 Å². The van der Waals surface area contributed by atoms with Gasteiger partial charge in [0.2, 0.25) is 0 Å². The fourth-order valence-electron chi connectivity index (χ4n) is 2.65. The number of rotatable bonds is 5. The number of fused-ring (bicyclic) bond motifs is 1. The van der Waals surface area contributed by atoms with Crippen molar-refractivity contribution in [2.45, 2.75) is 33.4 Å². The van der Waals surface area contributed by atoms with Crippen LogP contribution in [0.2, 0.25) is 5.02 Å². The van der Waals surface area contributed by atoms with Crippen LogP contribution in [0, 0.1) is 18.3 Å². The van der Waals surface area contributed by atoms with Crippen LogP contribution in [-0.4, -0.2) is 23.3 Å². The minimum atomic E-state index is -3.97. The molecule has 0 aliphatic rings. The van der Waals surface area contributed by atoms with E-state index in [0.717, 1.165) is 23.4 Å². The van der Waals surface area contributed by atoms with Crippen LogP contribution in [0.3, 0.4) is 0 Å². The third-order valence-electron chi connectivity index (χ3n) is 3.65. The topological polar surface area (TPSA) is 87.0 Å². The zero-order valence-corrected chi connectivity index (χ0v) is 13.9. The van der Waals surface area contributed by atoms with Gasteiger partial charge in [0.1, 0.15) is 6.07 Å². The number of halogens is 1. The van der Waals surface area contributed by atoms with Crippen LogP contribution in [-0.2, 0) is 23.2 Å². The quantitative estimate of drug-likeness (QED) is 0.665. The number of benzene rings is 1. The van der Waals surface area contributed by atoms with Crippen molar-refractivity contribution in [2.75, 3.05) is 5.75 Å². The number of nitrogens with zero attached hydrogens (tertiary/aromatic N) is 3. The lowest BCUT2D eigenvalue weighted by Crippen LogP contribution is -2.37. The number of nitriles is 1. The fourth-order valence-corrected chi connectivity index (χ4v) is 3.34. The summed E-state index contributed by atoms with van der Waals surface area (Å²) in [6.45, 7) is 5.09. The van der Waals surface area contributed by atoms with Gasteiger partial charge in [0, 0.05) is 25.5 Å². The van der Waals surface area contributed by atoms with Crippen LogP contribution in [0.25, 0.3) is 11.0 Å². The zero-order chi connectivity index (χ0) is 16.5. The van der Waals surface area contributed by atoms with E-state index in [1.54, 1.807) is 12.1 Å². The van der Waals surface area contributed by atoms with Gasteiger partial charge in [-0.2, -0.15) is 13.7 Å². The standard InChI is InChI=1S/C14H16ClN3O3S/c1-3-17-10(2)18(5-4-6-22(19,20)21)13-7-11(9-16)12(15)8-14(13)17/h7-8H,3-6H2,1-2H3/p+1. The Morgan fingerprint density at radius 3 is 2.68 bits per heavy atom. The molecule has 0 unspecified atom stereocenters. The largest absolute Gasteiger partial charge is 0.286 e. The van der Waals surface area contributed by atoms with Crippen molar-refractivity contribution < 1.29 is 17.5 Å². The van der Waals surface area contributed by atoms with Gasteiger partial charge in [0.05, 0.1) is 29.4 Å². The first-order valence-corrected chi connectivity index (χ1v) is 8.84. The summed E-state index contributed by atoms with van der Waals surface area (Å²) in [6.07, 6.45) is 0.289. The predicted octanol–water partition coefficient (Wildman–Crippen LogP) is 2.06. The summed E-state index contributed by atoms with van der Waals surface area (Å²) in [5.74, 6) is 0.649. The molecule has 1 heterocycles. The Hall–Kier alpha value is -1.62. The second kappa shape index (κ2) is 6.24. The number of hydrogen-bond donors (Lipinski definition) is 1. The van der Waals surface area contributed by atoms with Crippen molar-refractivity contribution in [3.05, 3.63) is 28.5 Å². The highest BCUT2D eigenvalue weighted by molar-refractivity contribution is 7.85. The number of imidazole rings is 1. The van der Waals surface area contributed by atoms with Gasteiger partial charge in [-0.1, -0.05) is 11.6 Å². The van der Waals surface area contributed by atoms with E-state index in [-0.39, 0.29) is 12.2 Å². The van der Waals surface area contributed by atoms with E-state index >= 15 is 0 Å². The molecule has 0 aliphatic heterocycles. The first-order chi connectivity index (χ1) is 10.3. The van der Waals surface area contributed by atoms with Gasteiger partial charge in [-0.15, -0.1) is 0 Å². The van der Waals surface area contributed by atoms with E-state index in [4.69, 9.17) is 21.4 Å². The van der Waals surface area contributed by atoms with E-state index in [0.29, 0.717) is 17.1 Å². The Bertz CT molecular complexity index is 866. The molecular weight excluding hydrogens is 326 g/mol. The van der Waals surface area contributed by atoms with Crippen LogP contribution < -0.4 is 4.57 Å². The fraction of sp³-hybridized carbons (Fsp3) is 0.429. The van der Waals surface area contributed by atoms with Crippen LogP contribution in [0.5, 0.6) is 0 Å². The summed E-state index contributed by atoms with van der Waals surface area (Å²) in [6, 6.07) is 5.52. The van der Waals surface area contributed by atoms with Gasteiger partial charge in [0.25, 0.3) is 15.9 Å². The van der Waals surface area contributed by atoms with E-state index in [1.807, 2.05) is 18.4 Å². The molecule has 1 N–H and O–H groups in total. The SMILES string of the molecule is CCn1c(C)[n+](CCCS(=O)(=O)O)c2cc(C#N)c(Cl)cc21. The van der Waals surface area contributed by atoms with Crippen molar-refractivity contribution in [1.82, 2.24) is 4.57 Å². The average molecular weight is 343 g/mol. The minimum absolute atomic E-state index is 0.289. The second-order valence-electron chi connectivity index (χ2n) is 5.02. The maximum atomic E-state index is 10.9. The highest BCUT2D eigenvalue weighted by Crippen LogP contribution is 2.23. The molecule has 0 amide bonds. The molecule has 0 saturated heterocycles. The number of aromatic nitrogens is 2. The Labute approximate surface area is 134 Å². The molecule has 118 valence electrons. The third-order valence-corrected chi connectivity index (χ3v) is 4.77. The first-order valence-electron chi connectivity index (χ1n) is 6.86. The molecule has 2 aromatic rings. The van der Waals surface area contributed by atoms with Gasteiger partial charge in [0.15, 0.2) is 11.0 Å². The average Bonchev–Trinajstić information content (AvgIpc) is 2.68. The summed E-state index contributed by atoms with van der Waals surface area (Å²) in [5, 5.41) is 9.52. The maximum Gasteiger partial charge on any atom is 0.265 e. The van der Waals surface area contributed by atoms with Crippen molar-refractivity contribution in [2.24, 2.45) is 0 Å². The van der Waals surface area contributed by atoms with Crippen molar-refractivity contribution in [3.8, 4) is 6.07 Å². The molecule has 8 heteroatoms. The minimum Gasteiger partial charge on any atom is -0.286 e. The molecule has 0 aliphatic carbocycles. The van der Waals surface area contributed by atoms with E-state index in [2.05, 4.69) is 10.6 Å². The monoisotopic (exact) mass is 342 g/mol. The highest BCUT2D eigenvalue weighted by Gasteiger charge is 2.22. The Morgan fingerprint density at radius 2 is 2.14 bits per heavy atom. The summed E-state index contributed by atoms with van der Waals surface area (Å²) in [7, 11) is -3.97. The molecule has 6 nitrogen and oxygen atoms in total. The Kier molecular flexibility index (Phi) is 4.75. The first kappa shape index (κ1) is 16.7. The predicted molar refractivity (Wildman–Crippen MR) is 83.3 cm³/mol. The van der Waals surface area contributed by atoms with E-state index in [9.17, 15) is 8.42 Å². The van der Waals surface area contributed by atoms with Gasteiger partial charge >= 0.3 is 0 Å². The Balaban J connectivity index is 2.53. The highest BCUT2D eigenvalue weighted by atomic mass is 35.5. The second-order valence-corrected chi connectivity index (χ2v) is 6.99. The molecule has 0 radical (unpaired) electrons. The van der Waals surface area contributed by atoms with Gasteiger partial charge in [-0.25, -0.2) is 9.13 Å². The lowest BCUT2D eigenvalue weighted by molar-refractivity contribution is -0.678. The van der Waals surface area contributed by atoms with E-state index < -0.39 is 10.1 Å². The summed E-state index contributed by atoms with van der Waals surface area (Å²) in [4.78, 5) is 0. The molecule has 0 bridgehead atoms. The molecule has 1 aromatic heterocycles. The summed E-state index contributed by atoms with van der Waals surface area (Å²) >= 11 is 6.10. The molecule has 0 atom stereocenters. The van der Waals surface area contributed by atoms with Crippen molar-refractivity contribution in [3.63, 3.8) is 0 Å². The smallest absolute Gasteiger partial charge is 0.265 e. The molecule has 0 fully saturated rings. The van der Waals surface area contributed by atoms with Crippen LogP contribution in [0.15, 0.2) is 12.1 Å². The summed E-state index contributed by atoms with van der Waals surface area (Å²) < 4.78 is 34.6. The maximum absolute atomic E-state index is 10.9. The molecule has 22 heavy (non-hydrogen) atoms. The molecule has 0 spiro atoms. The number of aryl methyl sites for hydroxylation is 2. The van der Waals surface area contributed by atoms with Crippen LogP contribution >= 0.6 is 11.6 Å². The van der Waals surface area contributed by atoms with Crippen LogP contribution in [0.4, 0.5) is 0 Å². The lowest BCUT2D eigenvalue weighted by Gasteiger charge is -2.00. The van der Waals surface area contributed by atoms with E-state index in [1.165, 1.54) is 0 Å². The summed E-state index contributed by atoms with van der Waals surface area (Å²) in [5.41, 5.74) is 2.11. The molecule has 0 saturated carbocycles. The van der Waals surface area contributed by atoms with Gasteiger partial charge in [-0.05, 0) is 6.92 Å². The Morgan fingerprint density at radius 1 is 1.45 bits per heavy atom. The molecule has 2 rings (SSSR count). The van der Waals surface area contributed by atoms with Crippen LogP contribution in [0.1, 0.15) is 24.7 Å². The molecular formula is C14H17ClN3O3S+. The zero-order valence-electron chi connectivity index (χ0n) is 12.4. The lowest BCUT2D eigenvalue weighted by atomic mass is 10.2.